The first kappa shape index (κ1) is 15.7. The maximum absolute atomic E-state index is 10.9. The Bertz CT molecular complexity index is 384. The largest absolute Gasteiger partial charge is 0.481 e. The zero-order valence-corrected chi connectivity index (χ0v) is 12.1. The minimum absolute atomic E-state index is 0.00683. The van der Waals surface area contributed by atoms with Gasteiger partial charge < -0.3 is 10.4 Å². The lowest BCUT2D eigenvalue weighted by Crippen LogP contribution is -2.35. The van der Waals surface area contributed by atoms with Gasteiger partial charge in [-0.25, -0.2) is 0 Å². The molecule has 2 N–H and O–H groups in total. The lowest BCUT2D eigenvalue weighted by Gasteiger charge is -2.18. The van der Waals surface area contributed by atoms with Gasteiger partial charge in [0.05, 0.1) is 6.42 Å². The lowest BCUT2D eigenvalue weighted by molar-refractivity contribution is -0.137. The number of carboxylic acids is 1. The molecular formula is C16H25NO2. The predicted molar refractivity (Wildman–Crippen MR) is 78.4 cm³/mol. The van der Waals surface area contributed by atoms with Crippen molar-refractivity contribution in [3.63, 3.8) is 0 Å². The summed E-state index contributed by atoms with van der Waals surface area (Å²) in [5.74, 6) is -0.217. The van der Waals surface area contributed by atoms with Gasteiger partial charge in [0.25, 0.3) is 0 Å². The van der Waals surface area contributed by atoms with Crippen LogP contribution in [-0.2, 0) is 17.6 Å². The van der Waals surface area contributed by atoms with E-state index >= 15 is 0 Å². The molecule has 0 saturated heterocycles. The highest BCUT2D eigenvalue weighted by Crippen LogP contribution is 2.09. The number of carbonyl (C=O) groups is 1. The highest BCUT2D eigenvalue weighted by Gasteiger charge is 2.13. The summed E-state index contributed by atoms with van der Waals surface area (Å²) >= 11 is 0. The molecule has 0 spiro atoms. The van der Waals surface area contributed by atoms with Crippen LogP contribution in [0.15, 0.2) is 24.3 Å². The lowest BCUT2D eigenvalue weighted by atomic mass is 10.0. The molecule has 0 fully saturated rings. The maximum Gasteiger partial charge on any atom is 0.304 e. The zero-order chi connectivity index (χ0) is 14.3. The Hall–Kier alpha value is -1.35. The predicted octanol–water partition coefficient (Wildman–Crippen LogP) is 2.88. The summed E-state index contributed by atoms with van der Waals surface area (Å²) in [6.45, 7) is 7.24. The van der Waals surface area contributed by atoms with E-state index in [1.54, 1.807) is 0 Å². The van der Waals surface area contributed by atoms with Crippen molar-refractivity contribution in [3.8, 4) is 0 Å². The molecule has 19 heavy (non-hydrogen) atoms. The maximum atomic E-state index is 10.9. The fourth-order valence-electron chi connectivity index (χ4n) is 2.03. The van der Waals surface area contributed by atoms with E-state index in [4.69, 9.17) is 5.11 Å². The summed E-state index contributed by atoms with van der Waals surface area (Å²) < 4.78 is 0. The SMILES string of the molecule is CCc1ccc(CC(CC(=O)O)NCC(C)C)cc1. The Morgan fingerprint density at radius 3 is 2.26 bits per heavy atom. The van der Waals surface area contributed by atoms with Crippen LogP contribution in [0.25, 0.3) is 0 Å². The van der Waals surface area contributed by atoms with Gasteiger partial charge in [-0.1, -0.05) is 45.0 Å². The van der Waals surface area contributed by atoms with Crippen LogP contribution in [0.5, 0.6) is 0 Å². The molecule has 1 atom stereocenters. The van der Waals surface area contributed by atoms with Crippen molar-refractivity contribution in [1.82, 2.24) is 5.32 Å². The van der Waals surface area contributed by atoms with Crippen LogP contribution in [-0.4, -0.2) is 23.7 Å². The molecule has 0 aromatic heterocycles. The first-order valence-electron chi connectivity index (χ1n) is 7.04. The first-order valence-corrected chi connectivity index (χ1v) is 7.04. The van der Waals surface area contributed by atoms with Gasteiger partial charge in [-0.15, -0.1) is 0 Å². The molecule has 0 radical (unpaired) electrons. The second-order valence-electron chi connectivity index (χ2n) is 5.47. The summed E-state index contributed by atoms with van der Waals surface area (Å²) in [7, 11) is 0. The van der Waals surface area contributed by atoms with Gasteiger partial charge in [-0.2, -0.15) is 0 Å². The smallest absolute Gasteiger partial charge is 0.304 e. The van der Waals surface area contributed by atoms with E-state index in [1.165, 1.54) is 11.1 Å². The summed E-state index contributed by atoms with van der Waals surface area (Å²) in [6.07, 6.45) is 1.97. The third-order valence-corrected chi connectivity index (χ3v) is 3.15. The molecule has 1 aromatic rings. The van der Waals surface area contributed by atoms with Crippen LogP contribution >= 0.6 is 0 Å². The van der Waals surface area contributed by atoms with Gasteiger partial charge in [-0.05, 0) is 36.4 Å². The fraction of sp³-hybridized carbons (Fsp3) is 0.562. The van der Waals surface area contributed by atoms with Crippen molar-refractivity contribution in [1.29, 1.82) is 0 Å². The molecule has 0 aliphatic carbocycles. The molecule has 0 aliphatic rings. The summed E-state index contributed by atoms with van der Waals surface area (Å²) in [6, 6.07) is 8.45. The molecule has 1 aromatic carbocycles. The van der Waals surface area contributed by atoms with Gasteiger partial charge >= 0.3 is 5.97 Å². The van der Waals surface area contributed by atoms with Gasteiger partial charge in [0.1, 0.15) is 0 Å². The molecule has 1 unspecified atom stereocenters. The number of carboxylic acid groups (broad SMARTS) is 1. The number of rotatable bonds is 8. The Morgan fingerprint density at radius 1 is 1.21 bits per heavy atom. The second-order valence-corrected chi connectivity index (χ2v) is 5.47. The highest BCUT2D eigenvalue weighted by molar-refractivity contribution is 5.67. The molecular weight excluding hydrogens is 238 g/mol. The first-order chi connectivity index (χ1) is 9.01. The van der Waals surface area contributed by atoms with Crippen molar-refractivity contribution in [2.24, 2.45) is 5.92 Å². The number of hydrogen-bond acceptors (Lipinski definition) is 2. The summed E-state index contributed by atoms with van der Waals surface area (Å²) in [4.78, 5) is 10.9. The molecule has 106 valence electrons. The molecule has 3 nitrogen and oxygen atoms in total. The standard InChI is InChI=1S/C16H25NO2/c1-4-13-5-7-14(8-6-13)9-15(10-16(18)19)17-11-12(2)3/h5-8,12,15,17H,4,9-11H2,1-3H3,(H,18,19). The van der Waals surface area contributed by atoms with Gasteiger partial charge in [-0.3, -0.25) is 4.79 Å². The third kappa shape index (κ3) is 6.39. The van der Waals surface area contributed by atoms with Crippen molar-refractivity contribution in [2.45, 2.75) is 46.1 Å². The van der Waals surface area contributed by atoms with Crippen molar-refractivity contribution >= 4 is 5.97 Å². The average molecular weight is 263 g/mol. The molecule has 0 saturated carbocycles. The minimum Gasteiger partial charge on any atom is -0.481 e. The van der Waals surface area contributed by atoms with E-state index in [1.807, 2.05) is 0 Å². The molecule has 0 aliphatic heterocycles. The topological polar surface area (TPSA) is 49.3 Å². The normalized spacial score (nSPS) is 12.6. The summed E-state index contributed by atoms with van der Waals surface area (Å²) in [5.41, 5.74) is 2.51. The third-order valence-electron chi connectivity index (χ3n) is 3.15. The van der Waals surface area contributed by atoms with Crippen LogP contribution < -0.4 is 5.32 Å². The van der Waals surface area contributed by atoms with Crippen LogP contribution in [0.4, 0.5) is 0 Å². The molecule has 0 heterocycles. The Labute approximate surface area is 116 Å². The molecule has 0 amide bonds. The van der Waals surface area contributed by atoms with Gasteiger partial charge in [0.2, 0.25) is 0 Å². The highest BCUT2D eigenvalue weighted by atomic mass is 16.4. The monoisotopic (exact) mass is 263 g/mol. The van der Waals surface area contributed by atoms with Crippen LogP contribution in [0.2, 0.25) is 0 Å². The average Bonchev–Trinajstić information content (AvgIpc) is 2.36. The molecule has 0 bridgehead atoms. The minimum atomic E-state index is -0.744. The van der Waals surface area contributed by atoms with Crippen molar-refractivity contribution in [2.75, 3.05) is 6.54 Å². The number of benzene rings is 1. The second kappa shape index (κ2) is 7.95. The van der Waals surface area contributed by atoms with Gasteiger partial charge in [0, 0.05) is 6.04 Å². The van der Waals surface area contributed by atoms with E-state index in [-0.39, 0.29) is 12.5 Å². The van der Waals surface area contributed by atoms with Gasteiger partial charge in [0.15, 0.2) is 0 Å². The summed E-state index contributed by atoms with van der Waals surface area (Å²) in [5, 5.41) is 12.3. The van der Waals surface area contributed by atoms with E-state index in [0.29, 0.717) is 5.92 Å². The number of aliphatic carboxylic acids is 1. The Kier molecular flexibility index (Phi) is 6.57. The van der Waals surface area contributed by atoms with E-state index in [9.17, 15) is 4.79 Å². The van der Waals surface area contributed by atoms with Crippen LogP contribution in [0.3, 0.4) is 0 Å². The van der Waals surface area contributed by atoms with Crippen LogP contribution in [0.1, 0.15) is 38.3 Å². The fourth-order valence-corrected chi connectivity index (χ4v) is 2.03. The number of nitrogens with one attached hydrogen (secondary N) is 1. The quantitative estimate of drug-likeness (QED) is 0.758. The zero-order valence-electron chi connectivity index (χ0n) is 12.1. The van der Waals surface area contributed by atoms with Crippen molar-refractivity contribution in [3.05, 3.63) is 35.4 Å². The number of hydrogen-bond donors (Lipinski definition) is 2. The van der Waals surface area contributed by atoms with E-state index in [0.717, 1.165) is 19.4 Å². The van der Waals surface area contributed by atoms with E-state index in [2.05, 4.69) is 50.4 Å². The molecule has 1 rings (SSSR count). The Balaban J connectivity index is 2.61. The van der Waals surface area contributed by atoms with Crippen molar-refractivity contribution < 1.29 is 9.90 Å². The Morgan fingerprint density at radius 2 is 1.79 bits per heavy atom. The van der Waals surface area contributed by atoms with E-state index < -0.39 is 5.97 Å². The number of aryl methyl sites for hydroxylation is 1. The van der Waals surface area contributed by atoms with Crippen LogP contribution in [0, 0.1) is 5.92 Å². The molecule has 3 heteroatoms.